The van der Waals surface area contributed by atoms with E-state index in [2.05, 4.69) is 0 Å². The number of aliphatic carboxylic acids is 1. The van der Waals surface area contributed by atoms with Crippen LogP contribution in [0.1, 0.15) is 37.7 Å². The van der Waals surface area contributed by atoms with E-state index in [1.807, 2.05) is 0 Å². The van der Waals surface area contributed by atoms with E-state index >= 15 is 0 Å². The van der Waals surface area contributed by atoms with Crippen LogP contribution in [0.15, 0.2) is 42.5 Å². The van der Waals surface area contributed by atoms with Gasteiger partial charge in [-0.25, -0.2) is 4.79 Å². The van der Waals surface area contributed by atoms with Crippen molar-refractivity contribution in [1.29, 1.82) is 0 Å². The minimum Gasteiger partial charge on any atom is -0.481 e. The van der Waals surface area contributed by atoms with E-state index in [0.29, 0.717) is 19.4 Å². The van der Waals surface area contributed by atoms with Crippen LogP contribution in [0.3, 0.4) is 0 Å². The minimum atomic E-state index is -3.45. The van der Waals surface area contributed by atoms with Crippen LogP contribution in [0.5, 0.6) is 0 Å². The molecule has 0 aromatic heterocycles. The van der Waals surface area contributed by atoms with Crippen LogP contribution >= 0.6 is 0 Å². The van der Waals surface area contributed by atoms with E-state index in [-0.39, 0.29) is 18.6 Å². The van der Waals surface area contributed by atoms with Crippen LogP contribution in [0.4, 0.5) is 13.6 Å². The van der Waals surface area contributed by atoms with Gasteiger partial charge in [0.05, 0.1) is 6.04 Å². The summed E-state index contributed by atoms with van der Waals surface area (Å²) in [5.41, 5.74) is -0.288. The van der Waals surface area contributed by atoms with Crippen molar-refractivity contribution in [1.82, 2.24) is 4.90 Å². The summed E-state index contributed by atoms with van der Waals surface area (Å²) in [6.07, 6.45) is 2.65. The smallest absolute Gasteiger partial charge is 0.410 e. The molecule has 6 nitrogen and oxygen atoms in total. The predicted octanol–water partition coefficient (Wildman–Crippen LogP) is 3.55. The van der Waals surface area contributed by atoms with E-state index < -0.39 is 30.1 Å². The van der Waals surface area contributed by atoms with Gasteiger partial charge in [-0.2, -0.15) is 8.78 Å². The first kappa shape index (κ1) is 21.8. The molecule has 1 aliphatic rings. The van der Waals surface area contributed by atoms with Crippen molar-refractivity contribution in [2.75, 3.05) is 13.2 Å². The molecular weight excluding hydrogens is 372 g/mol. The fraction of sp³-hybridized carbons (Fsp3) is 0.500. The number of unbranched alkanes of at least 4 members (excludes halogenated alkanes) is 3. The van der Waals surface area contributed by atoms with Gasteiger partial charge < -0.3 is 14.9 Å². The Labute approximate surface area is 162 Å². The zero-order valence-electron chi connectivity index (χ0n) is 15.5. The summed E-state index contributed by atoms with van der Waals surface area (Å²) in [6.45, 7) is 0.421. The average Bonchev–Trinajstić information content (AvgIpc) is 3.02. The summed E-state index contributed by atoms with van der Waals surface area (Å²) in [4.78, 5) is 23.7. The molecule has 1 aromatic rings. The highest BCUT2D eigenvalue weighted by atomic mass is 19.3. The molecule has 1 heterocycles. The van der Waals surface area contributed by atoms with E-state index in [9.17, 15) is 23.5 Å². The van der Waals surface area contributed by atoms with E-state index in [1.165, 1.54) is 35.2 Å². The van der Waals surface area contributed by atoms with Crippen molar-refractivity contribution in [3.63, 3.8) is 0 Å². The molecule has 0 saturated carbocycles. The van der Waals surface area contributed by atoms with Crippen LogP contribution < -0.4 is 0 Å². The van der Waals surface area contributed by atoms with Crippen LogP contribution in [-0.4, -0.2) is 52.5 Å². The maximum Gasteiger partial charge on any atom is 0.410 e. The van der Waals surface area contributed by atoms with Gasteiger partial charge in [-0.05, 0) is 12.8 Å². The minimum absolute atomic E-state index is 0.0397. The third kappa shape index (κ3) is 6.02. The van der Waals surface area contributed by atoms with Crippen molar-refractivity contribution in [3.8, 4) is 0 Å². The van der Waals surface area contributed by atoms with Crippen molar-refractivity contribution < 1.29 is 33.3 Å². The summed E-state index contributed by atoms with van der Waals surface area (Å²) in [5.74, 6) is -4.28. The number of carboxylic acids is 1. The van der Waals surface area contributed by atoms with E-state index in [4.69, 9.17) is 9.84 Å². The SMILES string of the molecule is O=C(O)CCCCCCN1C(=O)OCC1/C=C/C(O)C(F)(F)c1ccccc1. The highest BCUT2D eigenvalue weighted by Crippen LogP contribution is 2.32. The number of amides is 1. The van der Waals surface area contributed by atoms with Crippen LogP contribution in [0, 0.1) is 0 Å². The molecule has 2 rings (SSSR count). The van der Waals surface area contributed by atoms with Crippen LogP contribution in [0.2, 0.25) is 0 Å². The topological polar surface area (TPSA) is 87.1 Å². The van der Waals surface area contributed by atoms with E-state index in [0.717, 1.165) is 18.9 Å². The molecule has 0 radical (unpaired) electrons. The molecule has 2 unspecified atom stereocenters. The first-order valence-electron chi connectivity index (χ1n) is 9.27. The molecule has 154 valence electrons. The second-order valence-electron chi connectivity index (χ2n) is 6.71. The molecule has 1 aromatic carbocycles. The summed E-state index contributed by atoms with van der Waals surface area (Å²) >= 11 is 0. The lowest BCUT2D eigenvalue weighted by Crippen LogP contribution is -2.34. The number of cyclic esters (lactones) is 1. The molecular formula is C20H25F2NO5. The molecule has 1 fully saturated rings. The Morgan fingerprint density at radius 1 is 1.25 bits per heavy atom. The quantitative estimate of drug-likeness (QED) is 0.440. The fourth-order valence-electron chi connectivity index (χ4n) is 2.98. The molecule has 8 heteroatoms. The molecule has 0 spiro atoms. The van der Waals surface area contributed by atoms with Gasteiger partial charge in [0, 0.05) is 18.5 Å². The molecule has 28 heavy (non-hydrogen) atoms. The number of hydrogen-bond acceptors (Lipinski definition) is 4. The number of carbonyl (C=O) groups excluding carboxylic acids is 1. The Balaban J connectivity index is 1.87. The number of aliphatic hydroxyl groups excluding tert-OH is 1. The highest BCUT2D eigenvalue weighted by Gasteiger charge is 2.39. The Hall–Kier alpha value is -2.48. The zero-order chi connectivity index (χ0) is 20.6. The second kappa shape index (κ2) is 10.2. The molecule has 1 aliphatic heterocycles. The van der Waals surface area contributed by atoms with Gasteiger partial charge in [-0.15, -0.1) is 0 Å². The van der Waals surface area contributed by atoms with Gasteiger partial charge in [0.15, 0.2) is 0 Å². The average molecular weight is 397 g/mol. The molecule has 2 N–H and O–H groups in total. The number of benzene rings is 1. The van der Waals surface area contributed by atoms with Gasteiger partial charge in [0.1, 0.15) is 12.7 Å². The van der Waals surface area contributed by atoms with Gasteiger partial charge in [0.2, 0.25) is 0 Å². The summed E-state index contributed by atoms with van der Waals surface area (Å²) < 4.78 is 33.6. The maximum absolute atomic E-state index is 14.3. The zero-order valence-corrected chi connectivity index (χ0v) is 15.5. The van der Waals surface area contributed by atoms with Gasteiger partial charge in [0.25, 0.3) is 0 Å². The molecule has 0 bridgehead atoms. The molecule has 1 amide bonds. The Kier molecular flexibility index (Phi) is 7.92. The molecule has 2 atom stereocenters. The number of halogens is 2. The van der Waals surface area contributed by atoms with Gasteiger partial charge >= 0.3 is 18.0 Å². The monoisotopic (exact) mass is 397 g/mol. The lowest BCUT2D eigenvalue weighted by molar-refractivity contribution is -0.137. The number of rotatable bonds is 11. The van der Waals surface area contributed by atoms with Crippen molar-refractivity contribution in [2.24, 2.45) is 0 Å². The third-order valence-electron chi connectivity index (χ3n) is 4.60. The van der Waals surface area contributed by atoms with Crippen molar-refractivity contribution in [2.45, 2.75) is 50.2 Å². The standard InChI is InChI=1S/C20H25F2NO5/c21-20(22,15-8-4-3-5-9-15)17(24)12-11-16-14-28-19(27)23(16)13-7-2-1-6-10-18(25)26/h3-5,8-9,11-12,16-17,24H,1-2,6-7,10,13-14H2,(H,25,26)/b12-11+. The summed E-state index contributed by atoms with van der Waals surface area (Å²) in [6, 6.07) is 6.53. The Morgan fingerprint density at radius 3 is 2.61 bits per heavy atom. The molecule has 1 saturated heterocycles. The summed E-state index contributed by atoms with van der Waals surface area (Å²) in [5, 5.41) is 18.5. The predicted molar refractivity (Wildman–Crippen MR) is 98.0 cm³/mol. The van der Waals surface area contributed by atoms with Crippen LogP contribution in [0.25, 0.3) is 0 Å². The Morgan fingerprint density at radius 2 is 1.93 bits per heavy atom. The number of ether oxygens (including phenoxy) is 1. The van der Waals surface area contributed by atoms with Gasteiger partial charge in [-0.1, -0.05) is 55.3 Å². The lowest BCUT2D eigenvalue weighted by atomic mass is 10.0. The number of nitrogens with zero attached hydrogens (tertiary/aromatic N) is 1. The Bertz CT molecular complexity index is 680. The van der Waals surface area contributed by atoms with Gasteiger partial charge in [-0.3, -0.25) is 9.69 Å². The fourth-order valence-corrected chi connectivity index (χ4v) is 2.98. The number of hydrogen-bond donors (Lipinski definition) is 2. The number of aliphatic hydroxyl groups is 1. The normalized spacial score (nSPS) is 18.5. The number of carboxylic acid groups (broad SMARTS) is 1. The number of alkyl halides is 2. The number of carbonyl (C=O) groups is 2. The first-order chi connectivity index (χ1) is 13.3. The second-order valence-corrected chi connectivity index (χ2v) is 6.71. The third-order valence-corrected chi connectivity index (χ3v) is 4.60. The highest BCUT2D eigenvalue weighted by molar-refractivity contribution is 5.70. The largest absolute Gasteiger partial charge is 0.481 e. The summed E-state index contributed by atoms with van der Waals surface area (Å²) in [7, 11) is 0. The van der Waals surface area contributed by atoms with Crippen molar-refractivity contribution in [3.05, 3.63) is 48.0 Å². The lowest BCUT2D eigenvalue weighted by Gasteiger charge is -2.22. The van der Waals surface area contributed by atoms with Crippen molar-refractivity contribution >= 4 is 12.1 Å². The molecule has 0 aliphatic carbocycles. The maximum atomic E-state index is 14.3. The van der Waals surface area contributed by atoms with E-state index in [1.54, 1.807) is 6.07 Å². The first-order valence-corrected chi connectivity index (χ1v) is 9.27. The van der Waals surface area contributed by atoms with Crippen LogP contribution in [-0.2, 0) is 15.5 Å².